The van der Waals surface area contributed by atoms with Crippen LogP contribution in [-0.4, -0.2) is 55.0 Å². The number of pyridine rings is 1. The highest BCUT2D eigenvalue weighted by Crippen LogP contribution is 2.32. The summed E-state index contributed by atoms with van der Waals surface area (Å²) in [5.74, 6) is -0.190. The van der Waals surface area contributed by atoms with Crippen molar-refractivity contribution in [1.29, 1.82) is 0 Å². The van der Waals surface area contributed by atoms with Gasteiger partial charge in [-0.05, 0) is 52.9 Å². The van der Waals surface area contributed by atoms with E-state index in [0.29, 0.717) is 11.3 Å². The van der Waals surface area contributed by atoms with Gasteiger partial charge in [-0.15, -0.1) is 11.3 Å². The van der Waals surface area contributed by atoms with Crippen LogP contribution in [0.15, 0.2) is 30.7 Å². The quantitative estimate of drug-likeness (QED) is 0.359. The molecule has 0 radical (unpaired) electrons. The molecule has 0 aliphatic carbocycles. The summed E-state index contributed by atoms with van der Waals surface area (Å²) in [5, 5.41) is 12.7. The van der Waals surface area contributed by atoms with E-state index in [9.17, 15) is 4.79 Å². The first-order valence-electron chi connectivity index (χ1n) is 11.8. The fourth-order valence-corrected chi connectivity index (χ4v) is 5.07. The predicted octanol–water partition coefficient (Wildman–Crippen LogP) is 5.15. The maximum Gasteiger partial charge on any atom is 0.256 e. The number of nitrogens with one attached hydrogen (secondary N) is 1. The Morgan fingerprint density at radius 2 is 1.91 bits per heavy atom. The Labute approximate surface area is 204 Å². The first-order valence-corrected chi connectivity index (χ1v) is 12.6. The van der Waals surface area contributed by atoms with E-state index in [-0.39, 0.29) is 11.9 Å². The Morgan fingerprint density at radius 1 is 1.15 bits per heavy atom. The highest BCUT2D eigenvalue weighted by atomic mass is 32.1. The predicted molar refractivity (Wildman–Crippen MR) is 139 cm³/mol. The number of carbonyl (C=O) groups is 1. The first-order chi connectivity index (χ1) is 16.3. The van der Waals surface area contributed by atoms with Gasteiger partial charge in [0.1, 0.15) is 0 Å². The molecule has 0 aliphatic rings. The fourth-order valence-electron chi connectivity index (χ4n) is 4.14. The SMILES string of the molecule is CCN(CC)CCn1cc(NC(=O)c2cc(-c3cc(C)sc3C)nc3c2cnn3C(C)C)cn1. The number of rotatable bonds is 9. The highest BCUT2D eigenvalue weighted by Gasteiger charge is 2.20. The second-order valence-corrected chi connectivity index (χ2v) is 10.2. The van der Waals surface area contributed by atoms with E-state index < -0.39 is 0 Å². The van der Waals surface area contributed by atoms with Crippen LogP contribution in [0.25, 0.3) is 22.3 Å². The van der Waals surface area contributed by atoms with Crippen molar-refractivity contribution >= 4 is 34.0 Å². The number of nitrogens with zero attached hydrogens (tertiary/aromatic N) is 6. The van der Waals surface area contributed by atoms with E-state index in [1.165, 1.54) is 9.75 Å². The molecular formula is C25H33N7OS. The summed E-state index contributed by atoms with van der Waals surface area (Å²) in [5.41, 5.74) is 3.80. The van der Waals surface area contributed by atoms with Gasteiger partial charge in [0.15, 0.2) is 5.65 Å². The first kappa shape index (κ1) is 24.1. The van der Waals surface area contributed by atoms with Crippen molar-refractivity contribution in [2.45, 2.75) is 54.1 Å². The lowest BCUT2D eigenvalue weighted by Crippen LogP contribution is -2.27. The zero-order valence-electron chi connectivity index (χ0n) is 20.8. The van der Waals surface area contributed by atoms with Crippen LogP contribution in [-0.2, 0) is 6.54 Å². The van der Waals surface area contributed by atoms with Crippen molar-refractivity contribution in [3.63, 3.8) is 0 Å². The monoisotopic (exact) mass is 479 g/mol. The van der Waals surface area contributed by atoms with E-state index in [0.717, 1.165) is 48.5 Å². The third-order valence-corrected chi connectivity index (χ3v) is 7.01. The molecule has 180 valence electrons. The van der Waals surface area contributed by atoms with Gasteiger partial charge in [-0.2, -0.15) is 10.2 Å². The van der Waals surface area contributed by atoms with Crippen LogP contribution in [0.4, 0.5) is 5.69 Å². The van der Waals surface area contributed by atoms with Crippen LogP contribution in [0.5, 0.6) is 0 Å². The van der Waals surface area contributed by atoms with Crippen molar-refractivity contribution in [2.24, 2.45) is 0 Å². The van der Waals surface area contributed by atoms with E-state index in [1.54, 1.807) is 23.7 Å². The number of aromatic nitrogens is 5. The third-order valence-electron chi connectivity index (χ3n) is 6.05. The number of likely N-dealkylation sites (N-methyl/N-ethyl adjacent to an activating group) is 1. The average molecular weight is 480 g/mol. The fraction of sp³-hybridized carbons (Fsp3) is 0.440. The van der Waals surface area contributed by atoms with Crippen molar-refractivity contribution in [3.05, 3.63) is 46.0 Å². The highest BCUT2D eigenvalue weighted by molar-refractivity contribution is 7.12. The second-order valence-electron chi connectivity index (χ2n) is 8.78. The minimum atomic E-state index is -0.190. The molecule has 0 aromatic carbocycles. The molecule has 0 fully saturated rings. The molecule has 1 amide bonds. The average Bonchev–Trinajstić information content (AvgIpc) is 3.52. The Hall–Kier alpha value is -3.04. The summed E-state index contributed by atoms with van der Waals surface area (Å²) in [4.78, 5) is 23.1. The minimum absolute atomic E-state index is 0.130. The number of fused-ring (bicyclic) bond motifs is 1. The largest absolute Gasteiger partial charge is 0.319 e. The molecule has 4 aromatic heterocycles. The number of thiophene rings is 1. The Kier molecular flexibility index (Phi) is 7.13. The smallest absolute Gasteiger partial charge is 0.256 e. The molecule has 34 heavy (non-hydrogen) atoms. The summed E-state index contributed by atoms with van der Waals surface area (Å²) >= 11 is 1.73. The minimum Gasteiger partial charge on any atom is -0.319 e. The zero-order chi connectivity index (χ0) is 24.4. The number of anilines is 1. The molecule has 4 heterocycles. The number of amides is 1. The second kappa shape index (κ2) is 10.1. The van der Waals surface area contributed by atoms with Gasteiger partial charge in [-0.25, -0.2) is 9.67 Å². The Morgan fingerprint density at radius 3 is 2.56 bits per heavy atom. The summed E-state index contributed by atoms with van der Waals surface area (Å²) in [7, 11) is 0. The van der Waals surface area contributed by atoms with Crippen LogP contribution >= 0.6 is 11.3 Å². The van der Waals surface area contributed by atoms with Gasteiger partial charge in [0.05, 0.1) is 41.3 Å². The van der Waals surface area contributed by atoms with Gasteiger partial charge < -0.3 is 10.2 Å². The molecule has 0 bridgehead atoms. The summed E-state index contributed by atoms with van der Waals surface area (Å²) < 4.78 is 3.74. The topological polar surface area (TPSA) is 80.9 Å². The molecule has 4 aromatic rings. The summed E-state index contributed by atoms with van der Waals surface area (Å²) in [6.45, 7) is 16.3. The standard InChI is InChI=1S/C25H33N7OS/c1-7-30(8-2)9-10-31-15-19(13-26-31)28-25(33)21-12-23(20-11-17(5)34-18(20)6)29-24-22(21)14-27-32(24)16(3)4/h11-16H,7-10H2,1-6H3,(H,28,33). The van der Waals surface area contributed by atoms with E-state index in [4.69, 9.17) is 4.98 Å². The number of hydrogen-bond acceptors (Lipinski definition) is 6. The molecule has 9 heteroatoms. The van der Waals surface area contributed by atoms with Crippen molar-refractivity contribution in [2.75, 3.05) is 25.0 Å². The maximum atomic E-state index is 13.4. The van der Waals surface area contributed by atoms with Crippen molar-refractivity contribution in [1.82, 2.24) is 29.4 Å². The van der Waals surface area contributed by atoms with Gasteiger partial charge in [-0.3, -0.25) is 9.48 Å². The zero-order valence-corrected chi connectivity index (χ0v) is 21.6. The lowest BCUT2D eigenvalue weighted by atomic mass is 10.1. The normalized spacial score (nSPS) is 11.8. The van der Waals surface area contributed by atoms with Gasteiger partial charge in [0.25, 0.3) is 5.91 Å². The van der Waals surface area contributed by atoms with E-state index in [2.05, 4.69) is 68.0 Å². The maximum absolute atomic E-state index is 13.4. The van der Waals surface area contributed by atoms with Crippen LogP contribution in [0, 0.1) is 13.8 Å². The van der Waals surface area contributed by atoms with Crippen LogP contribution in [0.3, 0.4) is 0 Å². The van der Waals surface area contributed by atoms with Crippen molar-refractivity contribution in [3.8, 4) is 11.3 Å². The third kappa shape index (κ3) is 4.90. The molecule has 4 rings (SSSR count). The van der Waals surface area contributed by atoms with Crippen LogP contribution in [0.1, 0.15) is 53.8 Å². The molecule has 8 nitrogen and oxygen atoms in total. The van der Waals surface area contributed by atoms with Crippen molar-refractivity contribution < 1.29 is 4.79 Å². The molecule has 0 saturated carbocycles. The Balaban J connectivity index is 1.65. The van der Waals surface area contributed by atoms with Gasteiger partial charge in [-0.1, -0.05) is 13.8 Å². The van der Waals surface area contributed by atoms with E-state index >= 15 is 0 Å². The molecule has 0 saturated heterocycles. The molecule has 0 unspecified atom stereocenters. The number of hydrogen-bond donors (Lipinski definition) is 1. The molecule has 1 N–H and O–H groups in total. The number of aryl methyl sites for hydroxylation is 2. The van der Waals surface area contributed by atoms with Crippen LogP contribution in [0.2, 0.25) is 0 Å². The summed E-state index contributed by atoms with van der Waals surface area (Å²) in [6.07, 6.45) is 5.31. The molecule has 0 spiro atoms. The Bertz CT molecular complexity index is 1300. The molecule has 0 atom stereocenters. The van der Waals surface area contributed by atoms with E-state index in [1.807, 2.05) is 21.6 Å². The lowest BCUT2D eigenvalue weighted by molar-refractivity contribution is 0.102. The molecule has 0 aliphatic heterocycles. The van der Waals surface area contributed by atoms with Gasteiger partial charge in [0, 0.05) is 34.1 Å². The van der Waals surface area contributed by atoms with Crippen LogP contribution < -0.4 is 5.32 Å². The molecular weight excluding hydrogens is 446 g/mol. The number of carbonyl (C=O) groups excluding carboxylic acids is 1. The van der Waals surface area contributed by atoms with Gasteiger partial charge in [0.2, 0.25) is 0 Å². The van der Waals surface area contributed by atoms with Gasteiger partial charge >= 0.3 is 0 Å². The lowest BCUT2D eigenvalue weighted by Gasteiger charge is -2.17. The summed E-state index contributed by atoms with van der Waals surface area (Å²) in [6, 6.07) is 4.14.